The summed E-state index contributed by atoms with van der Waals surface area (Å²) in [6.07, 6.45) is 1.16. The van der Waals surface area contributed by atoms with Gasteiger partial charge in [-0.25, -0.2) is 9.59 Å². The fourth-order valence-corrected chi connectivity index (χ4v) is 4.06. The van der Waals surface area contributed by atoms with Crippen molar-refractivity contribution in [3.63, 3.8) is 0 Å². The van der Waals surface area contributed by atoms with Gasteiger partial charge >= 0.3 is 11.9 Å². The Hall–Kier alpha value is -3.37. The lowest BCUT2D eigenvalue weighted by Gasteiger charge is -2.10. The van der Waals surface area contributed by atoms with E-state index in [0.717, 1.165) is 6.20 Å². The molecule has 0 aromatic heterocycles. The molecule has 1 aliphatic heterocycles. The van der Waals surface area contributed by atoms with Crippen LogP contribution in [0.25, 0.3) is 0 Å². The number of nitrogens with zero attached hydrogens (tertiary/aromatic N) is 1. The fourth-order valence-electron chi connectivity index (χ4n) is 2.78. The predicted octanol–water partition coefficient (Wildman–Crippen LogP) is 3.32. The Morgan fingerprint density at radius 3 is 2.19 bits per heavy atom. The molecule has 2 aromatic rings. The maximum atomic E-state index is 12.4. The number of esters is 2. The maximum Gasteiger partial charge on any atom is 0.347 e. The molecule has 11 heteroatoms. The van der Waals surface area contributed by atoms with Gasteiger partial charge < -0.3 is 20.1 Å². The largest absolute Gasteiger partial charge is 0.462 e. The number of anilines is 2. The van der Waals surface area contributed by atoms with Gasteiger partial charge in [0.15, 0.2) is 11.4 Å². The van der Waals surface area contributed by atoms with Crippen molar-refractivity contribution in [2.45, 2.75) is 18.7 Å². The van der Waals surface area contributed by atoms with Crippen LogP contribution in [0.5, 0.6) is 0 Å². The second kappa shape index (κ2) is 9.84. The van der Waals surface area contributed by atoms with Gasteiger partial charge in [-0.3, -0.25) is 0 Å². The highest BCUT2D eigenvalue weighted by Crippen LogP contribution is 2.30. The number of carbonyl (C=O) groups is 2. The van der Waals surface area contributed by atoms with Gasteiger partial charge in [0.2, 0.25) is 0 Å². The zero-order valence-corrected chi connectivity index (χ0v) is 18.8. The lowest BCUT2D eigenvalue weighted by molar-refractivity contribution is -0.146. The number of hydrogen-bond acceptors (Lipinski definition) is 8. The highest BCUT2D eigenvalue weighted by molar-refractivity contribution is 7.90. The SMILES string of the molecule is CCOC(=O)C(=CNc1ccc2c(c1)C(Nc1ccc(Cl)cc1)=NS2(=O)=O)C(=O)OCC. The van der Waals surface area contributed by atoms with E-state index in [-0.39, 0.29) is 29.5 Å². The van der Waals surface area contributed by atoms with E-state index in [0.29, 0.717) is 22.0 Å². The van der Waals surface area contributed by atoms with E-state index in [1.165, 1.54) is 18.2 Å². The highest BCUT2D eigenvalue weighted by Gasteiger charge is 2.29. The summed E-state index contributed by atoms with van der Waals surface area (Å²) in [4.78, 5) is 24.2. The summed E-state index contributed by atoms with van der Waals surface area (Å²) in [5, 5.41) is 6.31. The van der Waals surface area contributed by atoms with Crippen molar-refractivity contribution >= 4 is 50.8 Å². The average Bonchev–Trinajstić information content (AvgIpc) is 2.99. The second-order valence-corrected chi connectivity index (χ2v) is 8.41. The summed E-state index contributed by atoms with van der Waals surface area (Å²) < 4.78 is 38.4. The lowest BCUT2D eigenvalue weighted by Crippen LogP contribution is -2.19. The number of amidine groups is 1. The second-order valence-electron chi connectivity index (χ2n) is 6.40. The summed E-state index contributed by atoms with van der Waals surface area (Å²) in [6, 6.07) is 11.1. The molecule has 1 aliphatic rings. The summed E-state index contributed by atoms with van der Waals surface area (Å²) in [5.74, 6) is -1.55. The van der Waals surface area contributed by atoms with Crippen molar-refractivity contribution in [2.24, 2.45) is 4.40 Å². The van der Waals surface area contributed by atoms with Crippen LogP contribution < -0.4 is 10.6 Å². The molecular weight excluding hydrogens is 458 g/mol. The molecule has 3 rings (SSSR count). The Morgan fingerprint density at radius 1 is 1.00 bits per heavy atom. The third kappa shape index (κ3) is 5.27. The van der Waals surface area contributed by atoms with Crippen LogP contribution in [-0.4, -0.2) is 39.4 Å². The third-order valence-electron chi connectivity index (χ3n) is 4.20. The predicted molar refractivity (Wildman–Crippen MR) is 120 cm³/mol. The van der Waals surface area contributed by atoms with E-state index < -0.39 is 22.0 Å². The van der Waals surface area contributed by atoms with Gasteiger partial charge in [0.05, 0.1) is 13.2 Å². The molecule has 0 unspecified atom stereocenters. The van der Waals surface area contributed by atoms with E-state index in [4.69, 9.17) is 21.1 Å². The van der Waals surface area contributed by atoms with Gasteiger partial charge in [0, 0.05) is 28.2 Å². The van der Waals surface area contributed by atoms with Crippen LogP contribution in [-0.2, 0) is 29.1 Å². The molecule has 0 bridgehead atoms. The minimum atomic E-state index is -3.86. The first-order valence-corrected chi connectivity index (χ1v) is 11.4. The fraction of sp³-hybridized carbons (Fsp3) is 0.190. The molecule has 1 heterocycles. The maximum absolute atomic E-state index is 12.4. The molecule has 0 fully saturated rings. The average molecular weight is 478 g/mol. The number of rotatable bonds is 7. The normalized spacial score (nSPS) is 13.4. The molecule has 0 atom stereocenters. The molecule has 0 saturated carbocycles. The van der Waals surface area contributed by atoms with Crippen LogP contribution in [0.1, 0.15) is 19.4 Å². The van der Waals surface area contributed by atoms with E-state index in [2.05, 4.69) is 15.0 Å². The highest BCUT2D eigenvalue weighted by atomic mass is 35.5. The number of carbonyl (C=O) groups excluding carboxylic acids is 2. The van der Waals surface area contributed by atoms with Crippen molar-refractivity contribution in [2.75, 3.05) is 23.8 Å². The topological polar surface area (TPSA) is 123 Å². The monoisotopic (exact) mass is 477 g/mol. The molecule has 2 aromatic carbocycles. The molecule has 0 amide bonds. The van der Waals surface area contributed by atoms with Crippen LogP contribution in [0.15, 0.2) is 63.5 Å². The Balaban J connectivity index is 1.90. The number of nitrogens with one attached hydrogen (secondary N) is 2. The number of benzene rings is 2. The van der Waals surface area contributed by atoms with Crippen molar-refractivity contribution in [3.05, 3.63) is 64.8 Å². The standard InChI is InChI=1S/C21H20ClN3O6S/c1-3-30-20(26)17(21(27)31-4-2)12-23-15-9-10-18-16(11-15)19(25-32(18,28)29)24-14-7-5-13(22)6-8-14/h5-12,23H,3-4H2,1-2H3,(H,24,25). The summed E-state index contributed by atoms with van der Waals surface area (Å²) >= 11 is 5.89. The Labute approximate surface area is 190 Å². The van der Waals surface area contributed by atoms with Crippen LogP contribution in [0.3, 0.4) is 0 Å². The first-order valence-electron chi connectivity index (χ1n) is 9.58. The van der Waals surface area contributed by atoms with Crippen molar-refractivity contribution in [3.8, 4) is 0 Å². The van der Waals surface area contributed by atoms with Crippen LogP contribution in [0.2, 0.25) is 5.02 Å². The third-order valence-corrected chi connectivity index (χ3v) is 5.79. The molecule has 0 aliphatic carbocycles. The van der Waals surface area contributed by atoms with Gasteiger partial charge in [-0.05, 0) is 56.3 Å². The number of ether oxygens (including phenoxy) is 2. The van der Waals surface area contributed by atoms with E-state index in [1.807, 2.05) is 0 Å². The number of hydrogen-bond donors (Lipinski definition) is 2. The number of sulfonamides is 1. The van der Waals surface area contributed by atoms with E-state index in [9.17, 15) is 18.0 Å². The lowest BCUT2D eigenvalue weighted by atomic mass is 10.1. The minimum Gasteiger partial charge on any atom is -0.462 e. The first kappa shape index (κ1) is 23.3. The first-order chi connectivity index (χ1) is 15.2. The van der Waals surface area contributed by atoms with Gasteiger partial charge in [-0.1, -0.05) is 11.6 Å². The van der Waals surface area contributed by atoms with Crippen molar-refractivity contribution < 1.29 is 27.5 Å². The van der Waals surface area contributed by atoms with Crippen LogP contribution in [0.4, 0.5) is 11.4 Å². The zero-order valence-electron chi connectivity index (χ0n) is 17.2. The van der Waals surface area contributed by atoms with E-state index >= 15 is 0 Å². The number of fused-ring (bicyclic) bond motifs is 1. The smallest absolute Gasteiger partial charge is 0.347 e. The minimum absolute atomic E-state index is 0.0273. The molecule has 2 N–H and O–H groups in total. The Kier molecular flexibility index (Phi) is 7.16. The molecular formula is C21H20ClN3O6S. The van der Waals surface area contributed by atoms with Crippen LogP contribution in [0, 0.1) is 0 Å². The molecule has 0 radical (unpaired) electrons. The van der Waals surface area contributed by atoms with Gasteiger partial charge in [-0.15, -0.1) is 4.40 Å². The summed E-state index contributed by atoms with van der Waals surface area (Å²) in [7, 11) is -3.86. The van der Waals surface area contributed by atoms with Gasteiger partial charge in [0.1, 0.15) is 4.90 Å². The van der Waals surface area contributed by atoms with Gasteiger partial charge in [-0.2, -0.15) is 8.42 Å². The molecule has 168 valence electrons. The Bertz CT molecular complexity index is 1190. The van der Waals surface area contributed by atoms with Crippen molar-refractivity contribution in [1.82, 2.24) is 0 Å². The zero-order chi connectivity index (χ0) is 23.3. The van der Waals surface area contributed by atoms with Crippen molar-refractivity contribution in [1.29, 1.82) is 0 Å². The Morgan fingerprint density at radius 2 is 1.59 bits per heavy atom. The van der Waals surface area contributed by atoms with E-state index in [1.54, 1.807) is 38.1 Å². The quantitative estimate of drug-likeness (QED) is 0.269. The van der Waals surface area contributed by atoms with Crippen LogP contribution >= 0.6 is 11.6 Å². The van der Waals surface area contributed by atoms with Gasteiger partial charge in [0.25, 0.3) is 10.0 Å². The molecule has 32 heavy (non-hydrogen) atoms. The summed E-state index contributed by atoms with van der Waals surface area (Å²) in [6.45, 7) is 3.40. The summed E-state index contributed by atoms with van der Waals surface area (Å²) in [5.41, 5.74) is 1.01. The molecule has 9 nitrogen and oxygen atoms in total. The number of halogens is 1. The molecule has 0 spiro atoms. The molecule has 0 saturated heterocycles.